The van der Waals surface area contributed by atoms with E-state index in [4.69, 9.17) is 11.6 Å². The highest BCUT2D eigenvalue weighted by atomic mass is 35.5. The number of imidazole rings is 1. The van der Waals surface area contributed by atoms with Crippen LogP contribution in [0.3, 0.4) is 0 Å². The van der Waals surface area contributed by atoms with Crippen LogP contribution in [0.25, 0.3) is 17.0 Å². The summed E-state index contributed by atoms with van der Waals surface area (Å²) in [6.07, 6.45) is -2.93. The summed E-state index contributed by atoms with van der Waals surface area (Å²) in [7, 11) is 0. The monoisotopic (exact) mass is 428 g/mol. The molecule has 1 aromatic carbocycles. The van der Waals surface area contributed by atoms with Crippen molar-refractivity contribution in [3.63, 3.8) is 0 Å². The third-order valence-electron chi connectivity index (χ3n) is 4.30. The second-order valence-electron chi connectivity index (χ2n) is 6.40. The molecule has 6 nitrogen and oxygen atoms in total. The topological polar surface area (TPSA) is 79.4 Å². The van der Waals surface area contributed by atoms with Crippen LogP contribution in [0.2, 0.25) is 5.02 Å². The van der Waals surface area contributed by atoms with Gasteiger partial charge in [-0.1, -0.05) is 11.6 Å². The molecule has 0 spiro atoms. The molecule has 150 valence electrons. The van der Waals surface area contributed by atoms with E-state index in [9.17, 15) is 18.4 Å². The Morgan fingerprint density at radius 1 is 1.10 bits per heavy atom. The van der Waals surface area contributed by atoms with Gasteiger partial charge in [-0.2, -0.15) is 18.4 Å². The molecule has 10 heteroatoms. The average Bonchev–Trinajstić information content (AvgIpc) is 3.02. The highest BCUT2D eigenvalue weighted by molar-refractivity contribution is 6.31. The molecule has 0 bridgehead atoms. The van der Waals surface area contributed by atoms with Crippen molar-refractivity contribution in [1.82, 2.24) is 19.5 Å². The molecule has 30 heavy (non-hydrogen) atoms. The van der Waals surface area contributed by atoms with Gasteiger partial charge in [0.25, 0.3) is 0 Å². The fourth-order valence-corrected chi connectivity index (χ4v) is 3.14. The molecule has 4 rings (SSSR count). The smallest absolute Gasteiger partial charge is 0.340 e. The Kier molecular flexibility index (Phi) is 4.79. The van der Waals surface area contributed by atoms with Crippen LogP contribution < -0.4 is 5.32 Å². The first-order valence-electron chi connectivity index (χ1n) is 8.62. The molecule has 0 radical (unpaired) electrons. The molecule has 0 unspecified atom stereocenters. The Balaban J connectivity index is 1.76. The molecule has 0 saturated heterocycles. The Labute approximate surface area is 173 Å². The van der Waals surface area contributed by atoms with Gasteiger partial charge in [-0.25, -0.2) is 15.0 Å². The number of nitrogens with zero attached hydrogens (tertiary/aromatic N) is 5. The molecule has 0 fully saturated rings. The van der Waals surface area contributed by atoms with Crippen molar-refractivity contribution in [2.24, 2.45) is 0 Å². The first-order chi connectivity index (χ1) is 14.2. The Morgan fingerprint density at radius 3 is 2.50 bits per heavy atom. The zero-order chi connectivity index (χ0) is 21.5. The van der Waals surface area contributed by atoms with Gasteiger partial charge in [0, 0.05) is 11.9 Å². The fourth-order valence-electron chi connectivity index (χ4n) is 2.99. The number of rotatable bonds is 3. The molecular weight excluding hydrogens is 417 g/mol. The second-order valence-corrected chi connectivity index (χ2v) is 6.84. The summed E-state index contributed by atoms with van der Waals surface area (Å²) in [4.78, 5) is 13.1. The van der Waals surface area contributed by atoms with Crippen LogP contribution in [0.4, 0.5) is 24.7 Å². The third kappa shape index (κ3) is 3.77. The number of pyridine rings is 2. The lowest BCUT2D eigenvalue weighted by atomic mass is 10.2. The zero-order valence-corrected chi connectivity index (χ0v) is 16.1. The number of benzene rings is 1. The Hall–Kier alpha value is -3.64. The standard InChI is InChI=1S/C20H12ClF3N6/c1-11-27-19-16(8-14(21)10-26-19)30(11)18-7-12(9-25)6-17(29-18)28-15-4-2-13(3-5-15)20(22,23)24/h2-8,10H,1H3,(H,28,29). The van der Waals surface area contributed by atoms with Crippen molar-refractivity contribution in [2.75, 3.05) is 5.32 Å². The molecule has 1 N–H and O–H groups in total. The maximum atomic E-state index is 12.8. The second kappa shape index (κ2) is 7.31. The lowest BCUT2D eigenvalue weighted by molar-refractivity contribution is -0.137. The van der Waals surface area contributed by atoms with Gasteiger partial charge >= 0.3 is 6.18 Å². The fraction of sp³-hybridized carbons (Fsp3) is 0.100. The minimum atomic E-state index is -4.42. The van der Waals surface area contributed by atoms with Crippen LogP contribution in [0, 0.1) is 18.3 Å². The van der Waals surface area contributed by atoms with Crippen LogP contribution >= 0.6 is 11.6 Å². The first-order valence-corrected chi connectivity index (χ1v) is 9.00. The van der Waals surface area contributed by atoms with E-state index in [-0.39, 0.29) is 0 Å². The van der Waals surface area contributed by atoms with Crippen LogP contribution in [0.1, 0.15) is 17.0 Å². The maximum Gasteiger partial charge on any atom is 0.416 e. The normalized spacial score (nSPS) is 11.5. The predicted octanol–water partition coefficient (Wildman–Crippen LogP) is 5.41. The number of hydrogen-bond acceptors (Lipinski definition) is 5. The zero-order valence-electron chi connectivity index (χ0n) is 15.4. The number of aromatic nitrogens is 4. The molecule has 0 aliphatic rings. The van der Waals surface area contributed by atoms with Crippen LogP contribution in [-0.2, 0) is 6.18 Å². The van der Waals surface area contributed by atoms with E-state index >= 15 is 0 Å². The minimum absolute atomic E-state index is 0.292. The highest BCUT2D eigenvalue weighted by Crippen LogP contribution is 2.30. The average molecular weight is 429 g/mol. The van der Waals surface area contributed by atoms with E-state index in [1.807, 2.05) is 0 Å². The quantitative estimate of drug-likeness (QED) is 0.472. The van der Waals surface area contributed by atoms with Crippen LogP contribution in [0.15, 0.2) is 48.7 Å². The first kappa shape index (κ1) is 19.7. The largest absolute Gasteiger partial charge is 0.416 e. The number of fused-ring (bicyclic) bond motifs is 1. The van der Waals surface area contributed by atoms with Gasteiger partial charge in [0.05, 0.1) is 27.7 Å². The van der Waals surface area contributed by atoms with Crippen molar-refractivity contribution in [2.45, 2.75) is 13.1 Å². The van der Waals surface area contributed by atoms with Crippen molar-refractivity contribution >= 4 is 34.3 Å². The highest BCUT2D eigenvalue weighted by Gasteiger charge is 2.29. The summed E-state index contributed by atoms with van der Waals surface area (Å²) >= 11 is 6.06. The number of halogens is 4. The lowest BCUT2D eigenvalue weighted by Crippen LogP contribution is -2.05. The summed E-state index contributed by atoms with van der Waals surface area (Å²) < 4.78 is 40.0. The summed E-state index contributed by atoms with van der Waals surface area (Å²) in [5.74, 6) is 1.27. The summed E-state index contributed by atoms with van der Waals surface area (Å²) in [6, 6.07) is 11.4. The molecule has 3 heterocycles. The van der Waals surface area contributed by atoms with E-state index in [1.165, 1.54) is 24.4 Å². The molecule has 0 aliphatic heterocycles. The molecule has 0 amide bonds. The minimum Gasteiger partial charge on any atom is -0.340 e. The van der Waals surface area contributed by atoms with Crippen molar-refractivity contribution in [3.8, 4) is 11.9 Å². The van der Waals surface area contributed by atoms with E-state index in [0.29, 0.717) is 44.9 Å². The van der Waals surface area contributed by atoms with E-state index in [2.05, 4.69) is 26.3 Å². The maximum absolute atomic E-state index is 12.8. The van der Waals surface area contributed by atoms with Gasteiger partial charge in [-0.15, -0.1) is 0 Å². The summed E-state index contributed by atoms with van der Waals surface area (Å²) in [6.45, 7) is 1.76. The number of alkyl halides is 3. The van der Waals surface area contributed by atoms with E-state index in [0.717, 1.165) is 12.1 Å². The molecule has 3 aromatic heterocycles. The van der Waals surface area contributed by atoms with E-state index in [1.54, 1.807) is 23.6 Å². The van der Waals surface area contributed by atoms with Gasteiger partial charge in [-0.3, -0.25) is 4.57 Å². The number of nitriles is 1. The van der Waals surface area contributed by atoms with Gasteiger partial charge in [0.1, 0.15) is 17.5 Å². The van der Waals surface area contributed by atoms with E-state index < -0.39 is 11.7 Å². The molecule has 0 aliphatic carbocycles. The number of hydrogen-bond donors (Lipinski definition) is 1. The van der Waals surface area contributed by atoms with Crippen molar-refractivity contribution in [3.05, 3.63) is 70.6 Å². The number of aryl methyl sites for hydroxylation is 1. The lowest BCUT2D eigenvalue weighted by Gasteiger charge is -2.12. The molecular formula is C20H12ClF3N6. The van der Waals surface area contributed by atoms with Crippen LogP contribution in [0.5, 0.6) is 0 Å². The molecule has 0 atom stereocenters. The van der Waals surface area contributed by atoms with Gasteiger partial charge in [0.15, 0.2) is 5.65 Å². The third-order valence-corrected chi connectivity index (χ3v) is 4.51. The van der Waals surface area contributed by atoms with Gasteiger partial charge < -0.3 is 5.32 Å². The van der Waals surface area contributed by atoms with Gasteiger partial charge in [0.2, 0.25) is 0 Å². The van der Waals surface area contributed by atoms with Crippen molar-refractivity contribution < 1.29 is 13.2 Å². The van der Waals surface area contributed by atoms with Gasteiger partial charge in [-0.05, 0) is 49.4 Å². The predicted molar refractivity (Wildman–Crippen MR) is 106 cm³/mol. The summed E-state index contributed by atoms with van der Waals surface area (Å²) in [5, 5.41) is 12.8. The van der Waals surface area contributed by atoms with Crippen LogP contribution in [-0.4, -0.2) is 19.5 Å². The Morgan fingerprint density at radius 2 is 1.83 bits per heavy atom. The van der Waals surface area contributed by atoms with Crippen molar-refractivity contribution in [1.29, 1.82) is 5.26 Å². The Bertz CT molecular complexity index is 1290. The molecule has 4 aromatic rings. The molecule has 0 saturated carbocycles. The number of nitrogens with one attached hydrogen (secondary N) is 1. The number of anilines is 2. The summed E-state index contributed by atoms with van der Waals surface area (Å²) in [5.41, 5.74) is 1.04. The SMILES string of the molecule is Cc1nc2ncc(Cl)cc2n1-c1cc(C#N)cc(Nc2ccc(C(F)(F)F)cc2)n1.